The van der Waals surface area contributed by atoms with Gasteiger partial charge in [-0.2, -0.15) is 18.3 Å². The molecule has 0 aliphatic heterocycles. The largest absolute Gasteiger partial charge is 0.416 e. The number of nitrogens with one attached hydrogen (secondary N) is 1. The van der Waals surface area contributed by atoms with Crippen LogP contribution in [-0.4, -0.2) is 18.2 Å². The Labute approximate surface area is 123 Å². The molecule has 0 bridgehead atoms. The molecule has 0 aliphatic rings. The van der Waals surface area contributed by atoms with Crippen LogP contribution in [0.5, 0.6) is 0 Å². The minimum absolute atomic E-state index is 0.244. The second kappa shape index (κ2) is 5.27. The van der Waals surface area contributed by atoms with Crippen LogP contribution in [0, 0.1) is 12.7 Å². The fourth-order valence-corrected chi connectivity index (χ4v) is 2.98. The lowest BCUT2D eigenvalue weighted by atomic mass is 10.2. The zero-order valence-corrected chi connectivity index (χ0v) is 12.3. The highest BCUT2D eigenvalue weighted by Crippen LogP contribution is 2.32. The molecule has 10 heteroatoms. The number of alkyl halides is 3. The quantitative estimate of drug-likeness (QED) is 0.876. The van der Waals surface area contributed by atoms with Gasteiger partial charge in [0, 0.05) is 7.05 Å². The van der Waals surface area contributed by atoms with Crippen molar-refractivity contribution in [2.45, 2.75) is 18.0 Å². The van der Waals surface area contributed by atoms with E-state index in [1.165, 1.54) is 18.7 Å². The molecule has 22 heavy (non-hydrogen) atoms. The molecule has 1 aromatic heterocycles. The standard InChI is InChI=1S/C12H11F4N3O2S/c1-7-11(6-17-19(7)2)22(20,21)18-10-5-8(12(14,15)16)3-4-9(10)13/h3-6,18H,1-2H3. The van der Waals surface area contributed by atoms with Gasteiger partial charge in [0.15, 0.2) is 0 Å². The molecule has 0 saturated heterocycles. The molecule has 0 aliphatic carbocycles. The number of nitrogens with zero attached hydrogens (tertiary/aromatic N) is 2. The van der Waals surface area contributed by atoms with Crippen molar-refractivity contribution >= 4 is 15.7 Å². The number of halogens is 4. The van der Waals surface area contributed by atoms with Crippen LogP contribution >= 0.6 is 0 Å². The molecule has 5 nitrogen and oxygen atoms in total. The van der Waals surface area contributed by atoms with E-state index in [1.807, 2.05) is 4.72 Å². The molecule has 2 aromatic rings. The molecule has 2 rings (SSSR count). The topological polar surface area (TPSA) is 64.0 Å². The van der Waals surface area contributed by atoms with E-state index in [2.05, 4.69) is 5.10 Å². The maximum atomic E-state index is 13.6. The van der Waals surface area contributed by atoms with E-state index in [9.17, 15) is 26.0 Å². The lowest BCUT2D eigenvalue weighted by Gasteiger charge is -2.12. The molecule has 0 saturated carbocycles. The molecule has 0 radical (unpaired) electrons. The average molecular weight is 337 g/mol. The van der Waals surface area contributed by atoms with Crippen molar-refractivity contribution in [2.24, 2.45) is 7.05 Å². The van der Waals surface area contributed by atoms with Crippen LogP contribution in [0.4, 0.5) is 23.2 Å². The molecular formula is C12H11F4N3O2S. The van der Waals surface area contributed by atoms with E-state index in [4.69, 9.17) is 0 Å². The molecule has 1 aromatic carbocycles. The van der Waals surface area contributed by atoms with Crippen molar-refractivity contribution in [2.75, 3.05) is 4.72 Å². The third kappa shape index (κ3) is 3.06. The summed E-state index contributed by atoms with van der Waals surface area (Å²) < 4.78 is 78.8. The maximum absolute atomic E-state index is 13.6. The van der Waals surface area contributed by atoms with Crippen LogP contribution < -0.4 is 4.72 Å². The Morgan fingerprint density at radius 2 is 1.91 bits per heavy atom. The Morgan fingerprint density at radius 1 is 1.27 bits per heavy atom. The monoisotopic (exact) mass is 337 g/mol. The second-order valence-corrected chi connectivity index (χ2v) is 6.17. The summed E-state index contributed by atoms with van der Waals surface area (Å²) in [5.41, 5.74) is -1.67. The minimum atomic E-state index is -4.71. The summed E-state index contributed by atoms with van der Waals surface area (Å²) in [6.45, 7) is 1.46. The van der Waals surface area contributed by atoms with Crippen LogP contribution in [0.3, 0.4) is 0 Å². The van der Waals surface area contributed by atoms with Gasteiger partial charge in [-0.1, -0.05) is 0 Å². The Hall–Kier alpha value is -2.10. The summed E-state index contributed by atoms with van der Waals surface area (Å²) in [4.78, 5) is -0.244. The van der Waals surface area contributed by atoms with Crippen LogP contribution in [0.25, 0.3) is 0 Å². The first-order valence-electron chi connectivity index (χ1n) is 5.90. The molecule has 0 amide bonds. The average Bonchev–Trinajstić information content (AvgIpc) is 2.72. The molecule has 0 unspecified atom stereocenters. The van der Waals surface area contributed by atoms with Crippen molar-refractivity contribution in [3.63, 3.8) is 0 Å². The van der Waals surface area contributed by atoms with Crippen LogP contribution in [0.1, 0.15) is 11.3 Å². The number of hydrogen-bond donors (Lipinski definition) is 1. The molecule has 1 N–H and O–H groups in total. The third-order valence-corrected chi connectivity index (χ3v) is 4.49. The highest BCUT2D eigenvalue weighted by Gasteiger charge is 2.32. The summed E-state index contributed by atoms with van der Waals surface area (Å²) in [6, 6.07) is 1.48. The van der Waals surface area contributed by atoms with Gasteiger partial charge < -0.3 is 0 Å². The SMILES string of the molecule is Cc1c(S(=O)(=O)Nc2cc(C(F)(F)F)ccc2F)cnn1C. The van der Waals surface area contributed by atoms with Gasteiger partial charge in [0.2, 0.25) is 0 Å². The van der Waals surface area contributed by atoms with E-state index < -0.39 is 33.3 Å². The normalized spacial score (nSPS) is 12.5. The van der Waals surface area contributed by atoms with Gasteiger partial charge in [0.25, 0.3) is 10.0 Å². The zero-order valence-electron chi connectivity index (χ0n) is 11.4. The van der Waals surface area contributed by atoms with Crippen LogP contribution in [-0.2, 0) is 23.2 Å². The fraction of sp³-hybridized carbons (Fsp3) is 0.250. The van der Waals surface area contributed by atoms with Crippen molar-refractivity contribution in [3.05, 3.63) is 41.5 Å². The highest BCUT2D eigenvalue weighted by atomic mass is 32.2. The number of aryl methyl sites for hydroxylation is 1. The lowest BCUT2D eigenvalue weighted by molar-refractivity contribution is -0.137. The lowest BCUT2D eigenvalue weighted by Crippen LogP contribution is -2.16. The van der Waals surface area contributed by atoms with E-state index in [1.54, 1.807) is 0 Å². The molecular weight excluding hydrogens is 326 g/mol. The van der Waals surface area contributed by atoms with E-state index in [0.29, 0.717) is 18.2 Å². The van der Waals surface area contributed by atoms with Gasteiger partial charge in [-0.15, -0.1) is 0 Å². The number of rotatable bonds is 3. The molecule has 0 spiro atoms. The highest BCUT2D eigenvalue weighted by molar-refractivity contribution is 7.92. The van der Waals surface area contributed by atoms with Crippen molar-refractivity contribution in [1.29, 1.82) is 0 Å². The predicted octanol–water partition coefficient (Wildman–Crippen LogP) is 2.69. The zero-order chi connectivity index (χ0) is 16.7. The third-order valence-electron chi connectivity index (χ3n) is 3.02. The predicted molar refractivity (Wildman–Crippen MR) is 70.2 cm³/mol. The Bertz CT molecular complexity index is 812. The van der Waals surface area contributed by atoms with Gasteiger partial charge in [-0.25, -0.2) is 12.8 Å². The van der Waals surface area contributed by atoms with Gasteiger partial charge in [-0.05, 0) is 25.1 Å². The van der Waals surface area contributed by atoms with E-state index in [0.717, 1.165) is 6.20 Å². The first kappa shape index (κ1) is 16.3. The Balaban J connectivity index is 2.44. The summed E-state index contributed by atoms with van der Waals surface area (Å²) in [6.07, 6.45) is -3.68. The number of sulfonamides is 1. The first-order valence-corrected chi connectivity index (χ1v) is 7.39. The van der Waals surface area contributed by atoms with Gasteiger partial charge >= 0.3 is 6.18 Å². The summed E-state index contributed by atoms with van der Waals surface area (Å²) in [5, 5.41) is 3.73. The van der Waals surface area contributed by atoms with E-state index >= 15 is 0 Å². The maximum Gasteiger partial charge on any atom is 0.416 e. The van der Waals surface area contributed by atoms with Crippen molar-refractivity contribution in [1.82, 2.24) is 9.78 Å². The van der Waals surface area contributed by atoms with Gasteiger partial charge in [0.1, 0.15) is 10.7 Å². The van der Waals surface area contributed by atoms with Crippen LogP contribution in [0.15, 0.2) is 29.3 Å². The molecule has 0 fully saturated rings. The summed E-state index contributed by atoms with van der Waals surface area (Å²) >= 11 is 0. The number of hydrogen-bond acceptors (Lipinski definition) is 3. The molecule has 1 heterocycles. The summed E-state index contributed by atoms with van der Waals surface area (Å²) in [7, 11) is -2.75. The summed E-state index contributed by atoms with van der Waals surface area (Å²) in [5.74, 6) is -1.11. The smallest absolute Gasteiger partial charge is 0.277 e. The fourth-order valence-electron chi connectivity index (χ4n) is 1.72. The van der Waals surface area contributed by atoms with E-state index in [-0.39, 0.29) is 10.6 Å². The minimum Gasteiger partial charge on any atom is -0.277 e. The number of anilines is 1. The van der Waals surface area contributed by atoms with Gasteiger partial charge in [0.05, 0.1) is 23.1 Å². The van der Waals surface area contributed by atoms with Gasteiger partial charge in [-0.3, -0.25) is 9.40 Å². The number of benzene rings is 1. The second-order valence-electron chi connectivity index (χ2n) is 4.52. The molecule has 120 valence electrons. The number of aromatic nitrogens is 2. The van der Waals surface area contributed by atoms with Crippen molar-refractivity contribution in [3.8, 4) is 0 Å². The first-order chi connectivity index (χ1) is 10.0. The Morgan fingerprint density at radius 3 is 2.41 bits per heavy atom. The van der Waals surface area contributed by atoms with Crippen LogP contribution in [0.2, 0.25) is 0 Å². The molecule has 0 atom stereocenters. The Kier molecular flexibility index (Phi) is 3.90. The van der Waals surface area contributed by atoms with Crippen molar-refractivity contribution < 1.29 is 26.0 Å².